The summed E-state index contributed by atoms with van der Waals surface area (Å²) in [5.74, 6) is 4.75. The summed E-state index contributed by atoms with van der Waals surface area (Å²) in [5, 5.41) is 13.6. The molecule has 4 fully saturated rings. The van der Waals surface area contributed by atoms with Gasteiger partial charge in [0.15, 0.2) is 0 Å². The topological polar surface area (TPSA) is 32.3 Å². The van der Waals surface area contributed by atoms with Gasteiger partial charge in [0.2, 0.25) is 0 Å². The summed E-state index contributed by atoms with van der Waals surface area (Å²) < 4.78 is 0. The van der Waals surface area contributed by atoms with Crippen LogP contribution in [-0.2, 0) is 0 Å². The van der Waals surface area contributed by atoms with Gasteiger partial charge in [-0.3, -0.25) is 0 Å². The first kappa shape index (κ1) is 10.8. The van der Waals surface area contributed by atoms with Crippen LogP contribution in [0.4, 0.5) is 0 Å². The van der Waals surface area contributed by atoms with E-state index in [1.54, 1.807) is 0 Å². The van der Waals surface area contributed by atoms with Crippen molar-refractivity contribution >= 4 is 0 Å². The van der Waals surface area contributed by atoms with Gasteiger partial charge in [-0.25, -0.2) is 0 Å². The molecule has 0 spiro atoms. The Balaban J connectivity index is 1.34. The quantitative estimate of drug-likeness (QED) is 0.783. The Bertz CT molecular complexity index is 301. The third-order valence-corrected chi connectivity index (χ3v) is 6.18. The highest BCUT2D eigenvalue weighted by atomic mass is 16.3. The third kappa shape index (κ3) is 1.76. The van der Waals surface area contributed by atoms with Crippen LogP contribution in [0, 0.1) is 29.6 Å². The van der Waals surface area contributed by atoms with Gasteiger partial charge in [-0.1, -0.05) is 6.42 Å². The molecule has 0 aromatic rings. The van der Waals surface area contributed by atoms with Crippen molar-refractivity contribution < 1.29 is 5.11 Å². The number of rotatable bonds is 4. The van der Waals surface area contributed by atoms with Crippen LogP contribution in [0.25, 0.3) is 0 Å². The van der Waals surface area contributed by atoms with Crippen LogP contribution in [0.5, 0.6) is 0 Å². The predicted octanol–water partition coefficient (Wildman–Crippen LogP) is 2.17. The predicted molar refractivity (Wildman–Crippen MR) is 67.6 cm³/mol. The van der Waals surface area contributed by atoms with Crippen molar-refractivity contribution in [1.29, 1.82) is 0 Å². The average Bonchev–Trinajstić information content (AvgIpc) is 2.81. The second-order valence-corrected chi connectivity index (χ2v) is 7.07. The van der Waals surface area contributed by atoms with Crippen LogP contribution in [0.3, 0.4) is 0 Å². The normalized spacial score (nSPS) is 49.6. The van der Waals surface area contributed by atoms with Gasteiger partial charge < -0.3 is 10.4 Å². The van der Waals surface area contributed by atoms with E-state index in [1.807, 2.05) is 0 Å². The van der Waals surface area contributed by atoms with E-state index in [2.05, 4.69) is 5.32 Å². The molecule has 4 rings (SSSR count). The molecular weight excluding hydrogens is 210 g/mol. The van der Waals surface area contributed by atoms with Crippen molar-refractivity contribution in [2.75, 3.05) is 6.54 Å². The Labute approximate surface area is 104 Å². The van der Waals surface area contributed by atoms with Crippen LogP contribution < -0.4 is 5.32 Å². The Morgan fingerprint density at radius 1 is 1.00 bits per heavy atom. The monoisotopic (exact) mass is 235 g/mol. The van der Waals surface area contributed by atoms with Crippen LogP contribution in [0.15, 0.2) is 0 Å². The van der Waals surface area contributed by atoms with Gasteiger partial charge >= 0.3 is 0 Å². The lowest BCUT2D eigenvalue weighted by Gasteiger charge is -2.32. The van der Waals surface area contributed by atoms with E-state index in [9.17, 15) is 5.11 Å². The molecule has 2 heteroatoms. The van der Waals surface area contributed by atoms with Crippen LogP contribution in [-0.4, -0.2) is 23.8 Å². The maximum atomic E-state index is 9.94. The largest absolute Gasteiger partial charge is 0.392 e. The fourth-order valence-electron chi connectivity index (χ4n) is 5.22. The number of fused-ring (bicyclic) bond motifs is 5. The molecule has 17 heavy (non-hydrogen) atoms. The van der Waals surface area contributed by atoms with Crippen molar-refractivity contribution in [3.8, 4) is 0 Å². The summed E-state index contributed by atoms with van der Waals surface area (Å²) in [6.07, 6.45) is 9.84. The number of nitrogens with one attached hydrogen (secondary N) is 1. The zero-order chi connectivity index (χ0) is 11.4. The van der Waals surface area contributed by atoms with E-state index in [-0.39, 0.29) is 6.10 Å². The fraction of sp³-hybridized carbons (Fsp3) is 1.00. The first-order chi connectivity index (χ1) is 8.33. The molecule has 6 atom stereocenters. The highest BCUT2D eigenvalue weighted by molar-refractivity contribution is 5.05. The van der Waals surface area contributed by atoms with Gasteiger partial charge in [0.05, 0.1) is 6.10 Å². The maximum Gasteiger partial charge on any atom is 0.0692 e. The Morgan fingerprint density at radius 2 is 1.82 bits per heavy atom. The summed E-state index contributed by atoms with van der Waals surface area (Å²) in [6, 6.07) is 0.743. The Kier molecular flexibility index (Phi) is 2.52. The zero-order valence-corrected chi connectivity index (χ0v) is 10.6. The second-order valence-electron chi connectivity index (χ2n) is 7.07. The van der Waals surface area contributed by atoms with Gasteiger partial charge in [0.25, 0.3) is 0 Å². The second kappa shape index (κ2) is 3.96. The van der Waals surface area contributed by atoms with Gasteiger partial charge in [-0.2, -0.15) is 0 Å². The highest BCUT2D eigenvalue weighted by Gasteiger charge is 2.53. The number of hydrogen-bond acceptors (Lipinski definition) is 2. The summed E-state index contributed by atoms with van der Waals surface area (Å²) in [5.41, 5.74) is 0. The zero-order valence-electron chi connectivity index (χ0n) is 10.6. The molecule has 6 unspecified atom stereocenters. The van der Waals surface area contributed by atoms with E-state index in [0.29, 0.717) is 5.92 Å². The molecule has 4 saturated carbocycles. The molecule has 0 amide bonds. The average molecular weight is 235 g/mol. The lowest BCUT2D eigenvalue weighted by Crippen LogP contribution is -2.42. The summed E-state index contributed by atoms with van der Waals surface area (Å²) >= 11 is 0. The molecule has 0 aromatic carbocycles. The van der Waals surface area contributed by atoms with Crippen molar-refractivity contribution in [3.05, 3.63) is 0 Å². The standard InChI is InChI=1S/C15H25NO/c17-15(9-4-5-9)8-16-14-7-10-6-13(14)12-3-1-2-11(10)12/h9-17H,1-8H2. The minimum Gasteiger partial charge on any atom is -0.392 e. The van der Waals surface area contributed by atoms with Gasteiger partial charge in [-0.15, -0.1) is 0 Å². The van der Waals surface area contributed by atoms with Crippen LogP contribution >= 0.6 is 0 Å². The minimum absolute atomic E-state index is 0.0616. The maximum absolute atomic E-state index is 9.94. The molecule has 0 saturated heterocycles. The SMILES string of the molecule is OC(CNC1CC2CC1C1CCCC21)C1CC1. The van der Waals surface area contributed by atoms with Crippen molar-refractivity contribution in [2.24, 2.45) is 29.6 Å². The molecule has 4 aliphatic carbocycles. The number of aliphatic hydroxyl groups excluding tert-OH is 1. The molecule has 0 aliphatic heterocycles. The molecule has 0 heterocycles. The molecule has 2 nitrogen and oxygen atoms in total. The first-order valence-corrected chi connectivity index (χ1v) is 7.74. The minimum atomic E-state index is -0.0616. The van der Waals surface area contributed by atoms with Crippen LogP contribution in [0.1, 0.15) is 44.9 Å². The fourth-order valence-corrected chi connectivity index (χ4v) is 5.22. The molecule has 2 bridgehead atoms. The third-order valence-electron chi connectivity index (χ3n) is 6.18. The van der Waals surface area contributed by atoms with Crippen molar-refractivity contribution in [1.82, 2.24) is 5.32 Å². The molecule has 96 valence electrons. The van der Waals surface area contributed by atoms with Crippen LogP contribution in [0.2, 0.25) is 0 Å². The highest BCUT2D eigenvalue weighted by Crippen LogP contribution is 2.58. The number of aliphatic hydroxyl groups is 1. The lowest BCUT2D eigenvalue weighted by atomic mass is 9.79. The van der Waals surface area contributed by atoms with E-state index in [0.717, 1.165) is 36.3 Å². The summed E-state index contributed by atoms with van der Waals surface area (Å²) in [4.78, 5) is 0. The molecule has 4 aliphatic rings. The van der Waals surface area contributed by atoms with E-state index in [1.165, 1.54) is 44.9 Å². The van der Waals surface area contributed by atoms with E-state index >= 15 is 0 Å². The molecule has 0 radical (unpaired) electrons. The smallest absolute Gasteiger partial charge is 0.0692 e. The van der Waals surface area contributed by atoms with Gasteiger partial charge in [-0.05, 0) is 68.1 Å². The first-order valence-electron chi connectivity index (χ1n) is 7.74. The Hall–Kier alpha value is -0.0800. The summed E-state index contributed by atoms with van der Waals surface area (Å²) in [6.45, 7) is 0.857. The van der Waals surface area contributed by atoms with Crippen molar-refractivity contribution in [3.63, 3.8) is 0 Å². The van der Waals surface area contributed by atoms with E-state index in [4.69, 9.17) is 0 Å². The van der Waals surface area contributed by atoms with Gasteiger partial charge in [0, 0.05) is 12.6 Å². The Morgan fingerprint density at radius 3 is 2.65 bits per heavy atom. The summed E-state index contributed by atoms with van der Waals surface area (Å²) in [7, 11) is 0. The van der Waals surface area contributed by atoms with E-state index < -0.39 is 0 Å². The van der Waals surface area contributed by atoms with Gasteiger partial charge in [0.1, 0.15) is 0 Å². The van der Waals surface area contributed by atoms with Crippen molar-refractivity contribution in [2.45, 2.75) is 57.1 Å². The molecule has 2 N–H and O–H groups in total. The molecular formula is C15H25NO. The number of hydrogen-bond donors (Lipinski definition) is 2. The lowest BCUT2D eigenvalue weighted by molar-refractivity contribution is 0.130. The molecule has 0 aromatic heterocycles.